The van der Waals surface area contributed by atoms with Gasteiger partial charge in [-0.3, -0.25) is 9.69 Å². The third-order valence-corrected chi connectivity index (χ3v) is 5.59. The number of amides is 1. The summed E-state index contributed by atoms with van der Waals surface area (Å²) in [5, 5.41) is 0.624. The number of hydrogen-bond acceptors (Lipinski definition) is 3. The number of fused-ring (bicyclic) bond motifs is 1. The van der Waals surface area contributed by atoms with Crippen LogP contribution in [0.3, 0.4) is 0 Å². The van der Waals surface area contributed by atoms with Crippen molar-refractivity contribution in [3.8, 4) is 0 Å². The van der Waals surface area contributed by atoms with E-state index < -0.39 is 0 Å². The number of hydrogen-bond donors (Lipinski definition) is 0. The van der Waals surface area contributed by atoms with Gasteiger partial charge in [-0.2, -0.15) is 0 Å². The molecule has 5 heteroatoms. The Kier molecular flexibility index (Phi) is 4.12. The van der Waals surface area contributed by atoms with Gasteiger partial charge in [-0.05, 0) is 42.0 Å². The van der Waals surface area contributed by atoms with Crippen LogP contribution in [0.4, 0.5) is 5.69 Å². The summed E-state index contributed by atoms with van der Waals surface area (Å²) < 4.78 is 0.993. The van der Waals surface area contributed by atoms with Crippen LogP contribution in [0.2, 0.25) is 0 Å². The molecular formula is C19H13BrN2OS. The minimum absolute atomic E-state index is 0.0203. The predicted octanol–water partition coefficient (Wildman–Crippen LogP) is 5.30. The van der Waals surface area contributed by atoms with Gasteiger partial charge in [0.05, 0.1) is 5.56 Å². The lowest BCUT2D eigenvalue weighted by Crippen LogP contribution is -2.37. The van der Waals surface area contributed by atoms with Crippen LogP contribution in [-0.4, -0.2) is 10.9 Å². The Hall–Kier alpha value is -2.11. The van der Waals surface area contributed by atoms with E-state index in [1.54, 1.807) is 24.0 Å². The molecule has 0 N–H and O–H groups in total. The number of carbonyl (C=O) groups is 1. The molecule has 1 atom stereocenters. The van der Waals surface area contributed by atoms with Crippen LogP contribution >= 0.6 is 27.7 Å². The highest BCUT2D eigenvalue weighted by Crippen LogP contribution is 2.46. The Morgan fingerprint density at radius 2 is 1.83 bits per heavy atom. The molecular weight excluding hydrogens is 384 g/mol. The number of benzene rings is 2. The van der Waals surface area contributed by atoms with E-state index in [0.717, 1.165) is 20.7 Å². The maximum atomic E-state index is 13.1. The number of rotatable bonds is 2. The van der Waals surface area contributed by atoms with E-state index in [9.17, 15) is 4.79 Å². The summed E-state index contributed by atoms with van der Waals surface area (Å²) in [6.07, 6.45) is 1.73. The van der Waals surface area contributed by atoms with Gasteiger partial charge in [-0.15, -0.1) is 0 Å². The highest BCUT2D eigenvalue weighted by molar-refractivity contribution is 9.10. The Morgan fingerprint density at radius 1 is 1.00 bits per heavy atom. The minimum atomic E-state index is -0.153. The topological polar surface area (TPSA) is 33.2 Å². The number of para-hydroxylation sites is 1. The first-order valence-electron chi connectivity index (χ1n) is 7.50. The Labute approximate surface area is 152 Å². The van der Waals surface area contributed by atoms with Gasteiger partial charge in [0.15, 0.2) is 0 Å². The molecule has 0 saturated carbocycles. The van der Waals surface area contributed by atoms with Crippen molar-refractivity contribution < 1.29 is 4.79 Å². The second-order valence-corrected chi connectivity index (χ2v) is 7.38. The van der Waals surface area contributed by atoms with E-state index in [1.807, 2.05) is 59.5 Å². The predicted molar refractivity (Wildman–Crippen MR) is 100 cm³/mol. The molecule has 24 heavy (non-hydrogen) atoms. The van der Waals surface area contributed by atoms with Gasteiger partial charge in [0.2, 0.25) is 0 Å². The smallest absolute Gasteiger partial charge is 0.262 e. The zero-order valence-corrected chi connectivity index (χ0v) is 15.0. The van der Waals surface area contributed by atoms with Crippen LogP contribution in [0.1, 0.15) is 21.3 Å². The van der Waals surface area contributed by atoms with Crippen molar-refractivity contribution in [3.63, 3.8) is 0 Å². The standard InChI is InChI=1S/C19H13BrN2OS/c20-14-7-4-6-13(12-14)19-22(15-8-2-1-3-9-15)18(23)16-10-5-11-21-17(16)24-19/h1-12,19H. The van der Waals surface area contributed by atoms with Crippen LogP contribution in [-0.2, 0) is 0 Å². The summed E-state index contributed by atoms with van der Waals surface area (Å²) in [6.45, 7) is 0. The number of anilines is 1. The first-order chi connectivity index (χ1) is 11.7. The molecule has 0 fully saturated rings. The Balaban J connectivity index is 1.87. The van der Waals surface area contributed by atoms with E-state index in [4.69, 9.17) is 0 Å². The van der Waals surface area contributed by atoms with E-state index in [-0.39, 0.29) is 11.3 Å². The molecule has 0 spiro atoms. The van der Waals surface area contributed by atoms with Gasteiger partial charge >= 0.3 is 0 Å². The number of pyridine rings is 1. The van der Waals surface area contributed by atoms with Gasteiger partial charge in [0, 0.05) is 16.4 Å². The average molecular weight is 397 g/mol. The average Bonchev–Trinajstić information content (AvgIpc) is 2.62. The van der Waals surface area contributed by atoms with Gasteiger partial charge in [0.1, 0.15) is 10.4 Å². The van der Waals surface area contributed by atoms with E-state index >= 15 is 0 Å². The summed E-state index contributed by atoms with van der Waals surface area (Å²) >= 11 is 5.12. The molecule has 0 radical (unpaired) electrons. The molecule has 1 unspecified atom stereocenters. The maximum Gasteiger partial charge on any atom is 0.262 e. The third-order valence-electron chi connectivity index (χ3n) is 3.85. The monoisotopic (exact) mass is 396 g/mol. The van der Waals surface area contributed by atoms with Crippen molar-refractivity contribution in [2.75, 3.05) is 4.90 Å². The van der Waals surface area contributed by atoms with Crippen LogP contribution in [0.25, 0.3) is 0 Å². The van der Waals surface area contributed by atoms with Crippen molar-refractivity contribution >= 4 is 39.3 Å². The highest BCUT2D eigenvalue weighted by Gasteiger charge is 2.35. The number of halogens is 1. The van der Waals surface area contributed by atoms with Crippen molar-refractivity contribution in [3.05, 3.63) is 88.5 Å². The molecule has 1 aliphatic heterocycles. The van der Waals surface area contributed by atoms with Crippen molar-refractivity contribution in [1.29, 1.82) is 0 Å². The lowest BCUT2D eigenvalue weighted by Gasteiger charge is -2.35. The molecule has 3 nitrogen and oxygen atoms in total. The molecule has 3 aromatic rings. The molecule has 0 aliphatic carbocycles. The fraction of sp³-hybridized carbons (Fsp3) is 0.0526. The number of thioether (sulfide) groups is 1. The van der Waals surface area contributed by atoms with E-state index in [2.05, 4.69) is 27.0 Å². The lowest BCUT2D eigenvalue weighted by molar-refractivity contribution is 0.0978. The molecule has 4 rings (SSSR count). The van der Waals surface area contributed by atoms with Gasteiger partial charge in [0.25, 0.3) is 5.91 Å². The van der Waals surface area contributed by atoms with E-state index in [1.165, 1.54) is 0 Å². The first kappa shape index (κ1) is 15.4. The maximum absolute atomic E-state index is 13.1. The van der Waals surface area contributed by atoms with Crippen molar-refractivity contribution in [2.24, 2.45) is 0 Å². The number of nitrogens with zero attached hydrogens (tertiary/aromatic N) is 2. The highest BCUT2D eigenvalue weighted by atomic mass is 79.9. The fourth-order valence-corrected chi connectivity index (χ4v) is 4.40. The molecule has 2 heterocycles. The fourth-order valence-electron chi connectivity index (χ4n) is 2.76. The van der Waals surface area contributed by atoms with Crippen molar-refractivity contribution in [2.45, 2.75) is 10.4 Å². The molecule has 1 aromatic heterocycles. The Bertz CT molecular complexity index is 901. The summed E-state index contributed by atoms with van der Waals surface area (Å²) in [6, 6.07) is 21.5. The zero-order chi connectivity index (χ0) is 16.5. The molecule has 118 valence electrons. The van der Waals surface area contributed by atoms with Gasteiger partial charge in [-0.1, -0.05) is 58.0 Å². The Morgan fingerprint density at radius 3 is 2.62 bits per heavy atom. The minimum Gasteiger partial charge on any atom is -0.291 e. The van der Waals surface area contributed by atoms with Crippen LogP contribution in [0, 0.1) is 0 Å². The van der Waals surface area contributed by atoms with Gasteiger partial charge in [-0.25, -0.2) is 4.98 Å². The van der Waals surface area contributed by atoms with Crippen LogP contribution in [0.15, 0.2) is 82.4 Å². The quantitative estimate of drug-likeness (QED) is 0.589. The zero-order valence-electron chi connectivity index (χ0n) is 12.6. The third kappa shape index (κ3) is 2.74. The van der Waals surface area contributed by atoms with E-state index in [0.29, 0.717) is 5.56 Å². The summed E-state index contributed by atoms with van der Waals surface area (Å²) in [5.74, 6) is -0.0203. The van der Waals surface area contributed by atoms with Crippen LogP contribution in [0.5, 0.6) is 0 Å². The summed E-state index contributed by atoms with van der Waals surface area (Å²) in [7, 11) is 0. The second-order valence-electron chi connectivity index (χ2n) is 5.39. The second kappa shape index (κ2) is 6.42. The summed E-state index contributed by atoms with van der Waals surface area (Å²) in [4.78, 5) is 19.4. The SMILES string of the molecule is O=C1c2cccnc2SC(c2cccc(Br)c2)N1c1ccccc1. The number of carbonyl (C=O) groups excluding carboxylic acids is 1. The molecule has 0 bridgehead atoms. The normalized spacial score (nSPS) is 16.8. The molecule has 0 saturated heterocycles. The van der Waals surface area contributed by atoms with Gasteiger partial charge < -0.3 is 0 Å². The summed E-state index contributed by atoms with van der Waals surface area (Å²) in [5.41, 5.74) is 2.59. The molecule has 1 aliphatic rings. The first-order valence-corrected chi connectivity index (χ1v) is 9.17. The van der Waals surface area contributed by atoms with Crippen molar-refractivity contribution in [1.82, 2.24) is 4.98 Å². The molecule has 2 aromatic carbocycles. The number of aromatic nitrogens is 1. The largest absolute Gasteiger partial charge is 0.291 e. The van der Waals surface area contributed by atoms with Crippen LogP contribution < -0.4 is 4.90 Å². The lowest BCUT2D eigenvalue weighted by atomic mass is 10.1. The molecule has 1 amide bonds.